The number of amides is 1. The summed E-state index contributed by atoms with van der Waals surface area (Å²) in [4.78, 5) is 13.9. The Balaban J connectivity index is 1.69. The van der Waals surface area contributed by atoms with Crippen LogP contribution in [0.1, 0.15) is 29.9 Å². The molecule has 5 nitrogen and oxygen atoms in total. The maximum Gasteiger partial charge on any atom is 0.243 e. The lowest BCUT2D eigenvalue weighted by Gasteiger charge is -2.20. The van der Waals surface area contributed by atoms with Crippen molar-refractivity contribution in [2.24, 2.45) is 0 Å². The van der Waals surface area contributed by atoms with Crippen LogP contribution >= 0.6 is 0 Å². The molecule has 0 saturated heterocycles. The van der Waals surface area contributed by atoms with Crippen molar-refractivity contribution >= 4 is 5.91 Å². The van der Waals surface area contributed by atoms with E-state index >= 15 is 0 Å². The first-order valence-corrected chi connectivity index (χ1v) is 6.87. The Morgan fingerprint density at radius 1 is 1.53 bits per heavy atom. The molecule has 0 radical (unpaired) electrons. The van der Waals surface area contributed by atoms with Crippen LogP contribution in [-0.2, 0) is 24.2 Å². The largest absolute Gasteiger partial charge is 0.361 e. The number of nitrogens with one attached hydrogen (secondary N) is 1. The standard InChI is InChI=1S/C14H19N3O2/c1-17(14(18)11-6-4-8-15-11)9-12-10-5-2-3-7-13(10)19-16-12/h4,6,11,15H,2-3,5,7-9H2,1H3. The van der Waals surface area contributed by atoms with Crippen LogP contribution in [0.15, 0.2) is 16.7 Å². The first-order chi connectivity index (χ1) is 9.25. The molecule has 0 aromatic carbocycles. The van der Waals surface area contributed by atoms with Crippen molar-refractivity contribution in [2.75, 3.05) is 13.6 Å². The molecule has 0 spiro atoms. The summed E-state index contributed by atoms with van der Waals surface area (Å²) < 4.78 is 5.38. The molecular formula is C14H19N3O2. The molecule has 1 aromatic rings. The van der Waals surface area contributed by atoms with Gasteiger partial charge in [0, 0.05) is 25.6 Å². The normalized spacial score (nSPS) is 21.4. The number of carbonyl (C=O) groups excluding carboxylic acids is 1. The molecule has 1 unspecified atom stereocenters. The summed E-state index contributed by atoms with van der Waals surface area (Å²) in [6.07, 6.45) is 8.26. The molecule has 5 heteroatoms. The van der Waals surface area contributed by atoms with Crippen LogP contribution in [0.3, 0.4) is 0 Å². The monoisotopic (exact) mass is 261 g/mol. The van der Waals surface area contributed by atoms with Crippen LogP contribution in [0.4, 0.5) is 0 Å². The van der Waals surface area contributed by atoms with Crippen LogP contribution in [0.2, 0.25) is 0 Å². The minimum atomic E-state index is -0.187. The van der Waals surface area contributed by atoms with Gasteiger partial charge in [0.25, 0.3) is 0 Å². The Bertz CT molecular complexity index is 507. The topological polar surface area (TPSA) is 58.4 Å². The van der Waals surface area contributed by atoms with E-state index in [1.54, 1.807) is 4.90 Å². The number of hydrogen-bond acceptors (Lipinski definition) is 4. The highest BCUT2D eigenvalue weighted by Crippen LogP contribution is 2.24. The summed E-state index contributed by atoms with van der Waals surface area (Å²) in [7, 11) is 1.82. The number of fused-ring (bicyclic) bond motifs is 1. The van der Waals surface area contributed by atoms with Crippen molar-refractivity contribution < 1.29 is 9.32 Å². The molecule has 1 aliphatic heterocycles. The van der Waals surface area contributed by atoms with Gasteiger partial charge in [-0.05, 0) is 19.3 Å². The lowest BCUT2D eigenvalue weighted by Crippen LogP contribution is -2.41. The van der Waals surface area contributed by atoms with Crippen LogP contribution in [0.25, 0.3) is 0 Å². The number of carbonyl (C=O) groups is 1. The molecule has 2 heterocycles. The highest BCUT2D eigenvalue weighted by atomic mass is 16.5. The number of likely N-dealkylation sites (N-methyl/N-ethyl adjacent to an activating group) is 1. The quantitative estimate of drug-likeness (QED) is 0.826. The van der Waals surface area contributed by atoms with Gasteiger partial charge in [0.15, 0.2) is 0 Å². The first-order valence-electron chi connectivity index (χ1n) is 6.87. The summed E-state index contributed by atoms with van der Waals surface area (Å²) in [5.41, 5.74) is 2.15. The van der Waals surface area contributed by atoms with E-state index in [2.05, 4.69) is 10.5 Å². The second-order valence-electron chi connectivity index (χ2n) is 5.25. The second kappa shape index (κ2) is 5.17. The van der Waals surface area contributed by atoms with Gasteiger partial charge >= 0.3 is 0 Å². The Hall–Kier alpha value is -1.62. The molecule has 3 rings (SSSR count). The molecule has 1 atom stereocenters. The van der Waals surface area contributed by atoms with Gasteiger partial charge in [-0.25, -0.2) is 0 Å². The van der Waals surface area contributed by atoms with Gasteiger partial charge in [-0.2, -0.15) is 0 Å². The van der Waals surface area contributed by atoms with Crippen LogP contribution < -0.4 is 5.32 Å². The van der Waals surface area contributed by atoms with Crippen molar-refractivity contribution in [3.8, 4) is 0 Å². The smallest absolute Gasteiger partial charge is 0.243 e. The maximum absolute atomic E-state index is 12.2. The minimum Gasteiger partial charge on any atom is -0.361 e. The summed E-state index contributed by atoms with van der Waals surface area (Å²) in [6.45, 7) is 1.30. The van der Waals surface area contributed by atoms with Gasteiger partial charge in [-0.3, -0.25) is 10.1 Å². The van der Waals surface area contributed by atoms with Crippen molar-refractivity contribution in [1.82, 2.24) is 15.4 Å². The highest BCUT2D eigenvalue weighted by Gasteiger charge is 2.25. The van der Waals surface area contributed by atoms with E-state index in [-0.39, 0.29) is 11.9 Å². The summed E-state index contributed by atoms with van der Waals surface area (Å²) >= 11 is 0. The zero-order valence-corrected chi connectivity index (χ0v) is 11.2. The number of hydrogen-bond donors (Lipinski definition) is 1. The number of aryl methyl sites for hydroxylation is 1. The van der Waals surface area contributed by atoms with E-state index in [9.17, 15) is 4.79 Å². The lowest BCUT2D eigenvalue weighted by molar-refractivity contribution is -0.131. The Morgan fingerprint density at radius 3 is 3.16 bits per heavy atom. The van der Waals surface area contributed by atoms with Crippen LogP contribution in [0, 0.1) is 0 Å². The third-order valence-electron chi connectivity index (χ3n) is 3.84. The van der Waals surface area contributed by atoms with Crippen LogP contribution in [0.5, 0.6) is 0 Å². The van der Waals surface area contributed by atoms with Crippen molar-refractivity contribution in [3.63, 3.8) is 0 Å². The molecule has 2 aliphatic rings. The Morgan fingerprint density at radius 2 is 2.37 bits per heavy atom. The zero-order valence-electron chi connectivity index (χ0n) is 11.2. The van der Waals surface area contributed by atoms with Crippen molar-refractivity contribution in [2.45, 2.75) is 38.3 Å². The van der Waals surface area contributed by atoms with Gasteiger partial charge in [-0.15, -0.1) is 0 Å². The predicted octanol–water partition coefficient (Wildman–Crippen LogP) is 1.04. The van der Waals surface area contributed by atoms with E-state index in [4.69, 9.17) is 4.52 Å². The Labute approximate surface area is 112 Å². The van der Waals surface area contributed by atoms with Gasteiger partial charge < -0.3 is 9.42 Å². The van der Waals surface area contributed by atoms with E-state index in [0.29, 0.717) is 6.54 Å². The highest BCUT2D eigenvalue weighted by molar-refractivity contribution is 5.84. The van der Waals surface area contributed by atoms with Crippen molar-refractivity contribution in [1.29, 1.82) is 0 Å². The lowest BCUT2D eigenvalue weighted by atomic mass is 9.96. The summed E-state index contributed by atoms with van der Waals surface area (Å²) in [5.74, 6) is 1.10. The van der Waals surface area contributed by atoms with Crippen LogP contribution in [-0.4, -0.2) is 35.6 Å². The van der Waals surface area contributed by atoms with Crippen molar-refractivity contribution in [3.05, 3.63) is 29.2 Å². The first kappa shape index (κ1) is 12.4. The van der Waals surface area contributed by atoms with E-state index in [0.717, 1.165) is 30.8 Å². The zero-order chi connectivity index (χ0) is 13.2. The number of aromatic nitrogens is 1. The second-order valence-corrected chi connectivity index (χ2v) is 5.25. The molecule has 0 fully saturated rings. The fourth-order valence-electron chi connectivity index (χ4n) is 2.75. The molecule has 1 aliphatic carbocycles. The SMILES string of the molecule is CN(Cc1noc2c1CCCC2)C(=O)C1C=CCN1. The fourth-order valence-corrected chi connectivity index (χ4v) is 2.75. The number of rotatable bonds is 3. The molecular weight excluding hydrogens is 242 g/mol. The maximum atomic E-state index is 12.2. The van der Waals surface area contributed by atoms with Gasteiger partial charge in [0.2, 0.25) is 5.91 Å². The average Bonchev–Trinajstić information content (AvgIpc) is 3.08. The Kier molecular flexibility index (Phi) is 3.38. The van der Waals surface area contributed by atoms with E-state index in [1.165, 1.54) is 18.4 Å². The van der Waals surface area contributed by atoms with Gasteiger partial charge in [0.1, 0.15) is 17.5 Å². The average molecular weight is 261 g/mol. The van der Waals surface area contributed by atoms with E-state index in [1.807, 2.05) is 19.2 Å². The van der Waals surface area contributed by atoms with Gasteiger partial charge in [-0.1, -0.05) is 17.3 Å². The molecule has 1 N–H and O–H groups in total. The third-order valence-corrected chi connectivity index (χ3v) is 3.84. The fraction of sp³-hybridized carbons (Fsp3) is 0.571. The summed E-state index contributed by atoms with van der Waals surface area (Å²) in [5, 5.41) is 7.27. The molecule has 0 saturated carbocycles. The molecule has 1 amide bonds. The molecule has 102 valence electrons. The minimum absolute atomic E-state index is 0.0845. The summed E-state index contributed by atoms with van der Waals surface area (Å²) in [6, 6.07) is -0.187. The predicted molar refractivity (Wildman–Crippen MR) is 70.5 cm³/mol. The molecule has 0 bridgehead atoms. The van der Waals surface area contributed by atoms with Gasteiger partial charge in [0.05, 0.1) is 6.54 Å². The number of nitrogens with zero attached hydrogens (tertiary/aromatic N) is 2. The van der Waals surface area contributed by atoms with E-state index < -0.39 is 0 Å². The third kappa shape index (κ3) is 2.42. The molecule has 1 aromatic heterocycles. The molecule has 19 heavy (non-hydrogen) atoms.